The number of nitrogens with zero attached hydrogens (tertiary/aromatic N) is 2. The first-order chi connectivity index (χ1) is 11.7. The van der Waals surface area contributed by atoms with E-state index in [1.165, 1.54) is 57.3 Å². The second-order valence-corrected chi connectivity index (χ2v) is 8.35. The van der Waals surface area contributed by atoms with Gasteiger partial charge in [-0.05, 0) is 63.6 Å². The van der Waals surface area contributed by atoms with Crippen molar-refractivity contribution < 1.29 is 4.74 Å². The molecule has 3 fully saturated rings. The Bertz CT molecular complexity index is 530. The van der Waals surface area contributed by atoms with Gasteiger partial charge in [0.2, 0.25) is 0 Å². The summed E-state index contributed by atoms with van der Waals surface area (Å²) in [5.41, 5.74) is 1.61. The molecule has 2 atom stereocenters. The van der Waals surface area contributed by atoms with Crippen molar-refractivity contribution in [2.45, 2.75) is 50.2 Å². The highest BCUT2D eigenvalue weighted by Crippen LogP contribution is 2.38. The molecule has 0 aromatic heterocycles. The van der Waals surface area contributed by atoms with E-state index in [-0.39, 0.29) is 5.60 Å². The van der Waals surface area contributed by atoms with Crippen LogP contribution in [-0.2, 0) is 11.2 Å². The standard InChI is InChI=1S/C21H32N2O/c1-22(20-8-9-20)15-19-14-21(24-16-19)11-5-12-23(17-21)13-10-18-6-3-2-4-7-18/h2-4,6-7,19-20H,5,8-17H2,1H3/t19-,21-/m1/s1. The molecule has 24 heavy (non-hydrogen) atoms. The third-order valence-electron chi connectivity index (χ3n) is 6.18. The van der Waals surface area contributed by atoms with Crippen molar-refractivity contribution in [1.82, 2.24) is 9.80 Å². The van der Waals surface area contributed by atoms with E-state index >= 15 is 0 Å². The van der Waals surface area contributed by atoms with Gasteiger partial charge in [0, 0.05) is 25.7 Å². The van der Waals surface area contributed by atoms with Gasteiger partial charge in [0.05, 0.1) is 12.2 Å². The fraction of sp³-hybridized carbons (Fsp3) is 0.714. The maximum Gasteiger partial charge on any atom is 0.0813 e. The topological polar surface area (TPSA) is 15.7 Å². The van der Waals surface area contributed by atoms with E-state index in [0.29, 0.717) is 0 Å². The lowest BCUT2D eigenvalue weighted by atomic mass is 9.86. The van der Waals surface area contributed by atoms with Crippen molar-refractivity contribution in [3.63, 3.8) is 0 Å². The molecule has 1 spiro atoms. The van der Waals surface area contributed by atoms with Crippen LogP contribution in [0.3, 0.4) is 0 Å². The molecule has 1 saturated carbocycles. The molecular formula is C21H32N2O. The van der Waals surface area contributed by atoms with Crippen LogP contribution >= 0.6 is 0 Å². The number of benzene rings is 1. The van der Waals surface area contributed by atoms with Crippen molar-refractivity contribution in [1.29, 1.82) is 0 Å². The van der Waals surface area contributed by atoms with Crippen LogP contribution in [0.25, 0.3) is 0 Å². The van der Waals surface area contributed by atoms with Crippen molar-refractivity contribution in [2.24, 2.45) is 5.92 Å². The predicted octanol–water partition coefficient (Wildman–Crippen LogP) is 3.19. The summed E-state index contributed by atoms with van der Waals surface area (Å²) in [7, 11) is 2.30. The summed E-state index contributed by atoms with van der Waals surface area (Å²) in [5, 5.41) is 0. The molecule has 1 aliphatic carbocycles. The highest BCUT2D eigenvalue weighted by atomic mass is 16.5. The average molecular weight is 329 g/mol. The molecular weight excluding hydrogens is 296 g/mol. The normalized spacial score (nSPS) is 31.2. The Morgan fingerprint density at radius 3 is 2.88 bits per heavy atom. The quantitative estimate of drug-likeness (QED) is 0.797. The Labute approximate surface area is 147 Å². The molecule has 0 N–H and O–H groups in total. The summed E-state index contributed by atoms with van der Waals surface area (Å²) in [5.74, 6) is 0.740. The largest absolute Gasteiger partial charge is 0.373 e. The molecule has 3 aliphatic rings. The zero-order valence-corrected chi connectivity index (χ0v) is 15.1. The van der Waals surface area contributed by atoms with Crippen LogP contribution in [-0.4, -0.2) is 61.3 Å². The van der Waals surface area contributed by atoms with Gasteiger partial charge < -0.3 is 14.5 Å². The molecule has 0 radical (unpaired) electrons. The van der Waals surface area contributed by atoms with Gasteiger partial charge in [0.1, 0.15) is 0 Å². The van der Waals surface area contributed by atoms with Gasteiger partial charge >= 0.3 is 0 Å². The Hall–Kier alpha value is -0.900. The van der Waals surface area contributed by atoms with E-state index in [0.717, 1.165) is 31.5 Å². The zero-order valence-electron chi connectivity index (χ0n) is 15.1. The number of rotatable bonds is 6. The molecule has 2 saturated heterocycles. The van der Waals surface area contributed by atoms with Gasteiger partial charge in [0.25, 0.3) is 0 Å². The molecule has 4 rings (SSSR count). The van der Waals surface area contributed by atoms with Crippen LogP contribution in [0.2, 0.25) is 0 Å². The van der Waals surface area contributed by atoms with Gasteiger partial charge in [-0.2, -0.15) is 0 Å². The highest BCUT2D eigenvalue weighted by Gasteiger charge is 2.44. The third kappa shape index (κ3) is 4.01. The summed E-state index contributed by atoms with van der Waals surface area (Å²) >= 11 is 0. The van der Waals surface area contributed by atoms with Gasteiger partial charge in [-0.3, -0.25) is 0 Å². The van der Waals surface area contributed by atoms with Crippen LogP contribution < -0.4 is 0 Å². The Kier molecular flexibility index (Phi) is 4.93. The summed E-state index contributed by atoms with van der Waals surface area (Å²) in [6.07, 6.45) is 7.79. The Balaban J connectivity index is 1.28. The zero-order chi connectivity index (χ0) is 16.4. The molecule has 0 bridgehead atoms. The van der Waals surface area contributed by atoms with Crippen LogP contribution in [0, 0.1) is 5.92 Å². The minimum absolute atomic E-state index is 0.157. The van der Waals surface area contributed by atoms with Gasteiger partial charge in [0.15, 0.2) is 0 Å². The molecule has 0 amide bonds. The number of ether oxygens (including phenoxy) is 1. The van der Waals surface area contributed by atoms with Crippen LogP contribution in [0.1, 0.15) is 37.7 Å². The smallest absolute Gasteiger partial charge is 0.0813 e. The van der Waals surface area contributed by atoms with E-state index in [4.69, 9.17) is 4.74 Å². The molecule has 3 nitrogen and oxygen atoms in total. The lowest BCUT2D eigenvalue weighted by molar-refractivity contribution is -0.0512. The summed E-state index contributed by atoms with van der Waals surface area (Å²) in [6, 6.07) is 11.8. The number of hydrogen-bond acceptors (Lipinski definition) is 3. The van der Waals surface area contributed by atoms with Crippen LogP contribution in [0.4, 0.5) is 0 Å². The molecule has 0 unspecified atom stereocenters. The molecule has 132 valence electrons. The summed E-state index contributed by atoms with van der Waals surface area (Å²) < 4.78 is 6.41. The molecule has 1 aromatic rings. The summed E-state index contributed by atoms with van der Waals surface area (Å²) in [6.45, 7) is 5.76. The van der Waals surface area contributed by atoms with Crippen molar-refractivity contribution in [2.75, 3.05) is 39.8 Å². The second-order valence-electron chi connectivity index (χ2n) is 8.35. The SMILES string of the molecule is CN(C[C@@H]1CO[C@]2(CCCN(CCc3ccccc3)C2)C1)C1CC1. The van der Waals surface area contributed by atoms with E-state index in [9.17, 15) is 0 Å². The monoisotopic (exact) mass is 328 g/mol. The number of likely N-dealkylation sites (tertiary alicyclic amines) is 1. The molecule has 3 heteroatoms. The maximum atomic E-state index is 6.41. The van der Waals surface area contributed by atoms with E-state index in [1.807, 2.05) is 0 Å². The van der Waals surface area contributed by atoms with Gasteiger partial charge in [-0.1, -0.05) is 30.3 Å². The minimum Gasteiger partial charge on any atom is -0.373 e. The Morgan fingerprint density at radius 2 is 2.08 bits per heavy atom. The van der Waals surface area contributed by atoms with E-state index in [1.54, 1.807) is 0 Å². The maximum absolute atomic E-state index is 6.41. The van der Waals surface area contributed by atoms with Crippen molar-refractivity contribution in [3.05, 3.63) is 35.9 Å². The fourth-order valence-corrected chi connectivity index (χ4v) is 4.73. The average Bonchev–Trinajstić information content (AvgIpc) is 3.39. The summed E-state index contributed by atoms with van der Waals surface area (Å²) in [4.78, 5) is 5.21. The van der Waals surface area contributed by atoms with Crippen molar-refractivity contribution in [3.8, 4) is 0 Å². The van der Waals surface area contributed by atoms with Crippen molar-refractivity contribution >= 4 is 0 Å². The first kappa shape index (κ1) is 16.6. The van der Waals surface area contributed by atoms with Gasteiger partial charge in [-0.25, -0.2) is 0 Å². The first-order valence-electron chi connectivity index (χ1n) is 9.83. The lowest BCUT2D eigenvalue weighted by Gasteiger charge is -2.40. The number of hydrogen-bond donors (Lipinski definition) is 0. The van der Waals surface area contributed by atoms with E-state index < -0.39 is 0 Å². The molecule has 2 aliphatic heterocycles. The Morgan fingerprint density at radius 1 is 1.25 bits per heavy atom. The predicted molar refractivity (Wildman–Crippen MR) is 98.3 cm³/mol. The third-order valence-corrected chi connectivity index (χ3v) is 6.18. The minimum atomic E-state index is 0.157. The molecule has 2 heterocycles. The van der Waals surface area contributed by atoms with Gasteiger partial charge in [-0.15, -0.1) is 0 Å². The van der Waals surface area contributed by atoms with Crippen LogP contribution in [0.5, 0.6) is 0 Å². The first-order valence-corrected chi connectivity index (χ1v) is 9.83. The molecule has 1 aromatic carbocycles. The second kappa shape index (κ2) is 7.15. The van der Waals surface area contributed by atoms with E-state index in [2.05, 4.69) is 47.2 Å². The fourth-order valence-electron chi connectivity index (χ4n) is 4.73. The number of piperidine rings is 1. The van der Waals surface area contributed by atoms with Crippen LogP contribution in [0.15, 0.2) is 30.3 Å². The lowest BCUT2D eigenvalue weighted by Crippen LogP contribution is -2.48. The highest BCUT2D eigenvalue weighted by molar-refractivity contribution is 5.15.